The van der Waals surface area contributed by atoms with Crippen molar-refractivity contribution in [1.82, 2.24) is 0 Å². The van der Waals surface area contributed by atoms with Gasteiger partial charge in [0.2, 0.25) is 0 Å². The molecule has 1 aliphatic rings. The first-order valence-electron chi connectivity index (χ1n) is 6.26. The number of aryl methyl sites for hydroxylation is 1. The maximum atomic E-state index is 11.4. The largest absolute Gasteiger partial charge is 0.491 e. The second-order valence-electron chi connectivity index (χ2n) is 4.42. The molecule has 0 spiro atoms. The molecule has 1 aliphatic heterocycles. The number of aliphatic hydroxyl groups is 1. The monoisotopic (exact) mass is 250 g/mol. The molecule has 1 unspecified atom stereocenters. The van der Waals surface area contributed by atoms with Crippen molar-refractivity contribution in [3.05, 3.63) is 29.3 Å². The van der Waals surface area contributed by atoms with Gasteiger partial charge in [-0.2, -0.15) is 0 Å². The van der Waals surface area contributed by atoms with Crippen molar-refractivity contribution in [3.63, 3.8) is 0 Å². The fourth-order valence-corrected chi connectivity index (χ4v) is 1.80. The molecule has 4 nitrogen and oxygen atoms in total. The summed E-state index contributed by atoms with van der Waals surface area (Å²) in [7, 11) is 0. The van der Waals surface area contributed by atoms with Crippen molar-refractivity contribution < 1.29 is 19.4 Å². The van der Waals surface area contributed by atoms with E-state index in [2.05, 4.69) is 6.92 Å². The third kappa shape index (κ3) is 3.31. The summed E-state index contributed by atoms with van der Waals surface area (Å²) < 4.78 is 10.8. The molecule has 0 saturated carbocycles. The average molecular weight is 250 g/mol. The zero-order chi connectivity index (χ0) is 13.0. The summed E-state index contributed by atoms with van der Waals surface area (Å²) in [5.41, 5.74) is 1.55. The van der Waals surface area contributed by atoms with E-state index in [1.54, 1.807) is 12.1 Å². The average Bonchev–Trinajstić information content (AvgIpc) is 3.20. The van der Waals surface area contributed by atoms with Crippen LogP contribution in [0.25, 0.3) is 0 Å². The normalized spacial score (nSPS) is 17.6. The molecule has 4 heteroatoms. The molecular formula is C14H18O4. The van der Waals surface area contributed by atoms with E-state index in [9.17, 15) is 4.79 Å². The van der Waals surface area contributed by atoms with Crippen molar-refractivity contribution in [3.8, 4) is 5.75 Å². The van der Waals surface area contributed by atoms with Gasteiger partial charge in [-0.15, -0.1) is 0 Å². The standard InChI is InChI=1S/C14H18O4/c1-2-3-11-6-10(13(16)7-15)4-5-14(11)18-9-12-8-17-12/h4-6,12,15H,2-3,7-9H2,1H3. The van der Waals surface area contributed by atoms with Crippen molar-refractivity contribution in [2.45, 2.75) is 25.9 Å². The quantitative estimate of drug-likeness (QED) is 0.589. The minimum absolute atomic E-state index is 0.221. The van der Waals surface area contributed by atoms with Gasteiger partial charge in [-0.05, 0) is 30.2 Å². The van der Waals surface area contributed by atoms with Crippen molar-refractivity contribution in [2.24, 2.45) is 0 Å². The van der Waals surface area contributed by atoms with Gasteiger partial charge < -0.3 is 14.6 Å². The van der Waals surface area contributed by atoms with E-state index >= 15 is 0 Å². The van der Waals surface area contributed by atoms with Crippen LogP contribution in [0.2, 0.25) is 0 Å². The highest BCUT2D eigenvalue weighted by Gasteiger charge is 2.23. The zero-order valence-electron chi connectivity index (χ0n) is 10.5. The van der Waals surface area contributed by atoms with Crippen LogP contribution >= 0.6 is 0 Å². The third-order valence-corrected chi connectivity index (χ3v) is 2.87. The van der Waals surface area contributed by atoms with Gasteiger partial charge in [-0.1, -0.05) is 13.3 Å². The summed E-state index contributed by atoms with van der Waals surface area (Å²) >= 11 is 0. The van der Waals surface area contributed by atoms with E-state index in [1.165, 1.54) is 0 Å². The van der Waals surface area contributed by atoms with Crippen LogP contribution in [0.3, 0.4) is 0 Å². The molecule has 0 aromatic heterocycles. The van der Waals surface area contributed by atoms with Crippen molar-refractivity contribution >= 4 is 5.78 Å². The lowest BCUT2D eigenvalue weighted by Gasteiger charge is -2.11. The number of epoxide rings is 1. The van der Waals surface area contributed by atoms with Gasteiger partial charge in [-0.25, -0.2) is 0 Å². The molecule has 1 N–H and O–H groups in total. The maximum absolute atomic E-state index is 11.4. The Morgan fingerprint density at radius 1 is 1.56 bits per heavy atom. The highest BCUT2D eigenvalue weighted by Crippen LogP contribution is 2.23. The maximum Gasteiger partial charge on any atom is 0.188 e. The Morgan fingerprint density at radius 3 is 2.94 bits per heavy atom. The summed E-state index contributed by atoms with van der Waals surface area (Å²) in [4.78, 5) is 11.4. The third-order valence-electron chi connectivity index (χ3n) is 2.87. The fraction of sp³-hybridized carbons (Fsp3) is 0.500. The summed E-state index contributed by atoms with van der Waals surface area (Å²) in [5.74, 6) is 0.547. The van der Waals surface area contributed by atoms with Gasteiger partial charge in [-0.3, -0.25) is 4.79 Å². The van der Waals surface area contributed by atoms with Crippen LogP contribution < -0.4 is 4.74 Å². The number of rotatable bonds is 7. The van der Waals surface area contributed by atoms with E-state index < -0.39 is 6.61 Å². The number of aliphatic hydroxyl groups excluding tert-OH is 1. The number of carbonyl (C=O) groups is 1. The van der Waals surface area contributed by atoms with Crippen molar-refractivity contribution in [1.29, 1.82) is 0 Å². The second-order valence-corrected chi connectivity index (χ2v) is 4.42. The highest BCUT2D eigenvalue weighted by molar-refractivity contribution is 5.97. The van der Waals surface area contributed by atoms with Crippen LogP contribution in [-0.2, 0) is 11.2 Å². The smallest absolute Gasteiger partial charge is 0.188 e. The first kappa shape index (κ1) is 13.1. The van der Waals surface area contributed by atoms with Crippen molar-refractivity contribution in [2.75, 3.05) is 19.8 Å². The van der Waals surface area contributed by atoms with Gasteiger partial charge in [0.05, 0.1) is 6.61 Å². The second kappa shape index (κ2) is 5.98. The first-order chi connectivity index (χ1) is 8.74. The summed E-state index contributed by atoms with van der Waals surface area (Å²) in [6.07, 6.45) is 2.05. The number of benzene rings is 1. The minimum atomic E-state index is -0.457. The van der Waals surface area contributed by atoms with Crippen LogP contribution in [0.15, 0.2) is 18.2 Å². The molecule has 98 valence electrons. The lowest BCUT2D eigenvalue weighted by atomic mass is 10.0. The number of ketones is 1. The summed E-state index contributed by atoms with van der Waals surface area (Å²) in [5, 5.41) is 8.87. The molecular weight excluding hydrogens is 232 g/mol. The van der Waals surface area contributed by atoms with E-state index in [4.69, 9.17) is 14.6 Å². The lowest BCUT2D eigenvalue weighted by Crippen LogP contribution is -2.08. The van der Waals surface area contributed by atoms with E-state index in [1.807, 2.05) is 6.07 Å². The molecule has 1 fully saturated rings. The number of hydrogen-bond acceptors (Lipinski definition) is 4. The van der Waals surface area contributed by atoms with Crippen LogP contribution in [0.1, 0.15) is 29.3 Å². The van der Waals surface area contributed by atoms with Gasteiger partial charge in [0.1, 0.15) is 25.1 Å². The molecule has 0 radical (unpaired) electrons. The van der Waals surface area contributed by atoms with E-state index in [0.29, 0.717) is 12.2 Å². The zero-order valence-corrected chi connectivity index (χ0v) is 10.5. The minimum Gasteiger partial charge on any atom is -0.491 e. The Morgan fingerprint density at radius 2 is 2.33 bits per heavy atom. The number of Topliss-reactive ketones (excluding diaryl/α,β-unsaturated/α-hetero) is 1. The molecule has 1 aromatic carbocycles. The molecule has 0 amide bonds. The Balaban J connectivity index is 2.13. The van der Waals surface area contributed by atoms with Gasteiger partial charge in [0, 0.05) is 5.56 Å². The molecule has 0 bridgehead atoms. The molecule has 1 aromatic rings. The Bertz CT molecular complexity index is 424. The SMILES string of the molecule is CCCc1cc(C(=O)CO)ccc1OCC1CO1. The number of ether oxygens (including phenoxy) is 2. The van der Waals surface area contributed by atoms with Crippen LogP contribution in [-0.4, -0.2) is 36.8 Å². The van der Waals surface area contributed by atoms with Gasteiger partial charge >= 0.3 is 0 Å². The van der Waals surface area contributed by atoms with Crippen LogP contribution in [0.5, 0.6) is 5.75 Å². The highest BCUT2D eigenvalue weighted by atomic mass is 16.6. The van der Waals surface area contributed by atoms with Crippen LogP contribution in [0.4, 0.5) is 0 Å². The fourth-order valence-electron chi connectivity index (χ4n) is 1.80. The Kier molecular flexibility index (Phi) is 4.33. The Hall–Kier alpha value is -1.39. The lowest BCUT2D eigenvalue weighted by molar-refractivity contribution is 0.0903. The predicted octanol–water partition coefficient (Wildman–Crippen LogP) is 1.59. The molecule has 18 heavy (non-hydrogen) atoms. The van der Waals surface area contributed by atoms with E-state index in [-0.39, 0.29) is 11.9 Å². The molecule has 1 saturated heterocycles. The summed E-state index contributed by atoms with van der Waals surface area (Å²) in [6.45, 7) is 2.95. The summed E-state index contributed by atoms with van der Waals surface area (Å²) in [6, 6.07) is 5.31. The molecule has 0 aliphatic carbocycles. The topological polar surface area (TPSA) is 59.1 Å². The van der Waals surface area contributed by atoms with E-state index in [0.717, 1.165) is 30.8 Å². The van der Waals surface area contributed by atoms with Gasteiger partial charge in [0.15, 0.2) is 5.78 Å². The molecule has 1 atom stereocenters. The number of hydrogen-bond donors (Lipinski definition) is 1. The van der Waals surface area contributed by atoms with Gasteiger partial charge in [0.25, 0.3) is 0 Å². The molecule has 2 rings (SSSR count). The molecule has 1 heterocycles. The first-order valence-corrected chi connectivity index (χ1v) is 6.26. The predicted molar refractivity (Wildman–Crippen MR) is 67.1 cm³/mol. The Labute approximate surface area is 107 Å². The number of carbonyl (C=O) groups excluding carboxylic acids is 1. The van der Waals surface area contributed by atoms with Crippen LogP contribution in [0, 0.1) is 0 Å².